The summed E-state index contributed by atoms with van der Waals surface area (Å²) in [5.74, 6) is -0.0556. The first-order chi connectivity index (χ1) is 9.65. The number of benzene rings is 2. The molecule has 0 saturated heterocycles. The van der Waals surface area contributed by atoms with E-state index >= 15 is 0 Å². The highest BCUT2D eigenvalue weighted by Crippen LogP contribution is 2.22. The average molecular weight is 282 g/mol. The Balaban J connectivity index is 2.17. The first-order valence-corrected chi connectivity index (χ1v) is 6.67. The van der Waals surface area contributed by atoms with Gasteiger partial charge in [0.2, 0.25) is 0 Å². The lowest BCUT2D eigenvalue weighted by atomic mass is 9.98. The summed E-state index contributed by atoms with van der Waals surface area (Å²) in [6, 6.07) is 13.1. The van der Waals surface area contributed by atoms with Gasteiger partial charge in [0.15, 0.2) is 5.78 Å². The first-order valence-electron chi connectivity index (χ1n) is 6.30. The molecule has 3 aromatic rings. The van der Waals surface area contributed by atoms with E-state index in [-0.39, 0.29) is 5.78 Å². The van der Waals surface area contributed by atoms with E-state index in [9.17, 15) is 4.79 Å². The third-order valence-corrected chi connectivity index (χ3v) is 3.44. The van der Waals surface area contributed by atoms with Crippen LogP contribution in [0.15, 0.2) is 54.9 Å². The van der Waals surface area contributed by atoms with Gasteiger partial charge in [0, 0.05) is 33.9 Å². The van der Waals surface area contributed by atoms with E-state index < -0.39 is 0 Å². The highest BCUT2D eigenvalue weighted by molar-refractivity contribution is 6.31. The maximum absolute atomic E-state index is 12.7. The molecule has 0 spiro atoms. The Morgan fingerprint density at radius 3 is 2.70 bits per heavy atom. The van der Waals surface area contributed by atoms with Crippen LogP contribution in [0.3, 0.4) is 0 Å². The second kappa shape index (κ2) is 5.06. The largest absolute Gasteiger partial charge is 0.289 e. The van der Waals surface area contributed by atoms with Crippen LogP contribution in [0.5, 0.6) is 0 Å². The van der Waals surface area contributed by atoms with Crippen molar-refractivity contribution in [1.82, 2.24) is 4.98 Å². The van der Waals surface area contributed by atoms with Crippen LogP contribution >= 0.6 is 11.6 Å². The summed E-state index contributed by atoms with van der Waals surface area (Å²) < 4.78 is 0. The highest BCUT2D eigenvalue weighted by atomic mass is 35.5. The number of ketones is 1. The average Bonchev–Trinajstić information content (AvgIpc) is 2.45. The van der Waals surface area contributed by atoms with Gasteiger partial charge in [-0.2, -0.15) is 0 Å². The number of pyridine rings is 1. The van der Waals surface area contributed by atoms with Crippen LogP contribution in [-0.2, 0) is 0 Å². The quantitative estimate of drug-likeness (QED) is 0.651. The van der Waals surface area contributed by atoms with Gasteiger partial charge in [-0.1, -0.05) is 35.9 Å². The highest BCUT2D eigenvalue weighted by Gasteiger charge is 2.13. The normalized spacial score (nSPS) is 10.7. The number of carbonyl (C=O) groups excluding carboxylic acids is 1. The maximum Gasteiger partial charge on any atom is 0.195 e. The van der Waals surface area contributed by atoms with Gasteiger partial charge in [0.1, 0.15) is 0 Å². The van der Waals surface area contributed by atoms with Crippen molar-refractivity contribution in [3.8, 4) is 0 Å². The number of aryl methyl sites for hydroxylation is 1. The lowest BCUT2D eigenvalue weighted by Crippen LogP contribution is -2.03. The van der Waals surface area contributed by atoms with E-state index in [0.29, 0.717) is 16.1 Å². The van der Waals surface area contributed by atoms with Crippen molar-refractivity contribution in [1.29, 1.82) is 0 Å². The van der Waals surface area contributed by atoms with Crippen LogP contribution in [0, 0.1) is 6.92 Å². The molecule has 20 heavy (non-hydrogen) atoms. The van der Waals surface area contributed by atoms with Gasteiger partial charge in [-0.3, -0.25) is 9.78 Å². The van der Waals surface area contributed by atoms with Crippen molar-refractivity contribution in [2.45, 2.75) is 6.92 Å². The molecule has 2 aromatic carbocycles. The Kier molecular flexibility index (Phi) is 3.25. The Labute approximate surface area is 122 Å². The lowest BCUT2D eigenvalue weighted by molar-refractivity contribution is 0.104. The van der Waals surface area contributed by atoms with Gasteiger partial charge in [-0.25, -0.2) is 0 Å². The molecule has 0 fully saturated rings. The zero-order valence-corrected chi connectivity index (χ0v) is 11.7. The minimum absolute atomic E-state index is 0.0556. The number of nitrogens with zero attached hydrogens (tertiary/aromatic N) is 1. The summed E-state index contributed by atoms with van der Waals surface area (Å²) in [6.45, 7) is 1.92. The molecule has 0 bridgehead atoms. The summed E-state index contributed by atoms with van der Waals surface area (Å²) in [5, 5.41) is 2.43. The molecule has 0 amide bonds. The fraction of sp³-hybridized carbons (Fsp3) is 0.0588. The van der Waals surface area contributed by atoms with Gasteiger partial charge >= 0.3 is 0 Å². The van der Waals surface area contributed by atoms with E-state index in [4.69, 9.17) is 11.6 Å². The first kappa shape index (κ1) is 12.8. The Hall–Kier alpha value is -2.19. The smallest absolute Gasteiger partial charge is 0.195 e. The Morgan fingerprint density at radius 2 is 1.90 bits per heavy atom. The van der Waals surface area contributed by atoms with Crippen LogP contribution in [0.2, 0.25) is 5.02 Å². The van der Waals surface area contributed by atoms with E-state index in [2.05, 4.69) is 4.98 Å². The summed E-state index contributed by atoms with van der Waals surface area (Å²) in [7, 11) is 0. The fourth-order valence-electron chi connectivity index (χ4n) is 2.32. The molecule has 3 rings (SSSR count). The number of aromatic nitrogens is 1. The molecule has 0 unspecified atom stereocenters. The van der Waals surface area contributed by atoms with Crippen molar-refractivity contribution in [3.63, 3.8) is 0 Å². The van der Waals surface area contributed by atoms with Crippen LogP contribution in [0.4, 0.5) is 0 Å². The summed E-state index contributed by atoms with van der Waals surface area (Å²) in [4.78, 5) is 16.8. The van der Waals surface area contributed by atoms with E-state index in [1.54, 1.807) is 18.5 Å². The van der Waals surface area contributed by atoms with Crippen LogP contribution in [-0.4, -0.2) is 10.8 Å². The summed E-state index contributed by atoms with van der Waals surface area (Å²) >= 11 is 6.03. The molecule has 1 aromatic heterocycles. The van der Waals surface area contributed by atoms with E-state index in [1.165, 1.54) is 0 Å². The second-order valence-corrected chi connectivity index (χ2v) is 5.19. The summed E-state index contributed by atoms with van der Waals surface area (Å²) in [5.41, 5.74) is 2.16. The lowest BCUT2D eigenvalue weighted by Gasteiger charge is -2.06. The van der Waals surface area contributed by atoms with Crippen molar-refractivity contribution in [3.05, 3.63) is 76.6 Å². The number of halogens is 1. The topological polar surface area (TPSA) is 30.0 Å². The number of rotatable bonds is 2. The predicted molar refractivity (Wildman–Crippen MR) is 81.4 cm³/mol. The fourth-order valence-corrected chi connectivity index (χ4v) is 2.61. The number of hydrogen-bond donors (Lipinski definition) is 0. The van der Waals surface area contributed by atoms with Gasteiger partial charge in [0.25, 0.3) is 0 Å². The van der Waals surface area contributed by atoms with Crippen LogP contribution in [0.25, 0.3) is 10.8 Å². The molecule has 0 atom stereocenters. The van der Waals surface area contributed by atoms with Crippen molar-refractivity contribution >= 4 is 28.2 Å². The molecule has 0 N–H and O–H groups in total. The molecular formula is C17H12ClNO. The Morgan fingerprint density at radius 1 is 1.10 bits per heavy atom. The van der Waals surface area contributed by atoms with Crippen LogP contribution < -0.4 is 0 Å². The van der Waals surface area contributed by atoms with Crippen molar-refractivity contribution in [2.24, 2.45) is 0 Å². The van der Waals surface area contributed by atoms with Gasteiger partial charge < -0.3 is 0 Å². The summed E-state index contributed by atoms with van der Waals surface area (Å²) in [6.07, 6.45) is 3.37. The number of carbonyl (C=O) groups is 1. The molecule has 98 valence electrons. The molecule has 0 radical (unpaired) electrons. The number of hydrogen-bond acceptors (Lipinski definition) is 2. The van der Waals surface area contributed by atoms with E-state index in [1.807, 2.05) is 43.3 Å². The molecule has 3 heteroatoms. The molecule has 0 aliphatic heterocycles. The molecule has 0 aliphatic carbocycles. The SMILES string of the molecule is Cc1cc(Cl)cc(C(=O)c2cncc3ccccc23)c1. The van der Waals surface area contributed by atoms with Gasteiger partial charge in [-0.15, -0.1) is 0 Å². The zero-order valence-electron chi connectivity index (χ0n) is 10.9. The van der Waals surface area contributed by atoms with Gasteiger partial charge in [-0.05, 0) is 36.1 Å². The molecule has 2 nitrogen and oxygen atoms in total. The maximum atomic E-state index is 12.7. The standard InChI is InChI=1S/C17H12ClNO/c1-11-6-13(8-14(18)7-11)17(20)16-10-19-9-12-4-2-3-5-15(12)16/h2-10H,1H3. The third-order valence-electron chi connectivity index (χ3n) is 3.22. The van der Waals surface area contributed by atoms with Crippen molar-refractivity contribution < 1.29 is 4.79 Å². The molecular weight excluding hydrogens is 270 g/mol. The minimum Gasteiger partial charge on any atom is -0.289 e. The monoisotopic (exact) mass is 281 g/mol. The second-order valence-electron chi connectivity index (χ2n) is 4.75. The van der Waals surface area contributed by atoms with Crippen molar-refractivity contribution in [2.75, 3.05) is 0 Å². The third kappa shape index (κ3) is 2.30. The molecule has 1 heterocycles. The molecule has 0 saturated carbocycles. The molecule has 0 aliphatic rings. The van der Waals surface area contributed by atoms with Gasteiger partial charge in [0.05, 0.1) is 0 Å². The van der Waals surface area contributed by atoms with Crippen LogP contribution in [0.1, 0.15) is 21.5 Å². The predicted octanol–water partition coefficient (Wildman–Crippen LogP) is 4.43. The Bertz CT molecular complexity index is 785. The minimum atomic E-state index is -0.0556. The number of fused-ring (bicyclic) bond motifs is 1. The van der Waals surface area contributed by atoms with E-state index in [0.717, 1.165) is 16.3 Å². The zero-order chi connectivity index (χ0) is 14.1.